The van der Waals surface area contributed by atoms with Gasteiger partial charge in [-0.15, -0.1) is 0 Å². The van der Waals surface area contributed by atoms with E-state index in [4.69, 9.17) is 9.15 Å². The molecule has 4 heteroatoms. The molecule has 0 amide bonds. The summed E-state index contributed by atoms with van der Waals surface area (Å²) in [6.45, 7) is 6.45. The summed E-state index contributed by atoms with van der Waals surface area (Å²) < 4.78 is 11.6. The second-order valence-electron chi connectivity index (χ2n) is 5.85. The van der Waals surface area contributed by atoms with Gasteiger partial charge in [0.25, 0.3) is 0 Å². The second-order valence-corrected chi connectivity index (χ2v) is 5.85. The largest absolute Gasteiger partial charge is 0.460 e. The normalized spacial score (nSPS) is 11.5. The van der Waals surface area contributed by atoms with Crippen LogP contribution in [-0.2, 0) is 6.42 Å². The number of hydrogen-bond acceptors (Lipinski definition) is 4. The summed E-state index contributed by atoms with van der Waals surface area (Å²) >= 11 is 0. The van der Waals surface area contributed by atoms with Crippen molar-refractivity contribution in [1.82, 2.24) is 9.97 Å². The van der Waals surface area contributed by atoms with Gasteiger partial charge in [-0.3, -0.25) is 0 Å². The molecule has 0 aromatic carbocycles. The minimum atomic E-state index is 0.172. The van der Waals surface area contributed by atoms with Crippen LogP contribution in [0, 0.1) is 0 Å². The first-order chi connectivity index (χ1) is 10.8. The van der Waals surface area contributed by atoms with Crippen LogP contribution in [0.2, 0.25) is 0 Å². The first-order valence-corrected chi connectivity index (χ1v) is 8.68. The Kier molecular flexibility index (Phi) is 6.69. The lowest BCUT2D eigenvalue weighted by molar-refractivity contribution is 0.176. The van der Waals surface area contributed by atoms with Crippen molar-refractivity contribution in [2.24, 2.45) is 0 Å². The van der Waals surface area contributed by atoms with Crippen molar-refractivity contribution >= 4 is 11.1 Å². The van der Waals surface area contributed by atoms with Gasteiger partial charge in [0.05, 0.1) is 5.39 Å². The van der Waals surface area contributed by atoms with Crippen LogP contribution < -0.4 is 4.74 Å². The van der Waals surface area contributed by atoms with E-state index in [1.54, 1.807) is 6.20 Å². The van der Waals surface area contributed by atoms with E-state index in [9.17, 15) is 0 Å². The van der Waals surface area contributed by atoms with Gasteiger partial charge in [0.15, 0.2) is 0 Å². The molecule has 0 aliphatic heterocycles. The van der Waals surface area contributed by atoms with E-state index < -0.39 is 0 Å². The van der Waals surface area contributed by atoms with Crippen LogP contribution in [0.15, 0.2) is 16.7 Å². The summed E-state index contributed by atoms with van der Waals surface area (Å²) in [7, 11) is 0. The number of unbranched alkanes of at least 4 members (excludes halogenated alkanes) is 4. The Morgan fingerprint density at radius 1 is 1.09 bits per heavy atom. The molecule has 2 rings (SSSR count). The Morgan fingerprint density at radius 3 is 2.59 bits per heavy atom. The third-order valence-electron chi connectivity index (χ3n) is 4.01. The lowest BCUT2D eigenvalue weighted by atomic mass is 10.1. The highest BCUT2D eigenvalue weighted by atomic mass is 16.5. The van der Waals surface area contributed by atoms with Crippen LogP contribution in [0.25, 0.3) is 11.1 Å². The van der Waals surface area contributed by atoms with Gasteiger partial charge in [-0.25, -0.2) is 4.98 Å². The molecule has 0 saturated carbocycles. The van der Waals surface area contributed by atoms with Gasteiger partial charge in [0, 0.05) is 12.6 Å². The SMILES string of the molecule is CCCCCCCc1cc2cnc(OC(CC)CC)nc2o1. The van der Waals surface area contributed by atoms with Crippen LogP contribution in [-0.4, -0.2) is 16.1 Å². The average Bonchev–Trinajstić information content (AvgIpc) is 2.94. The van der Waals surface area contributed by atoms with E-state index in [1.165, 1.54) is 32.1 Å². The molecule has 0 radical (unpaired) electrons. The molecule has 0 N–H and O–H groups in total. The van der Waals surface area contributed by atoms with Crippen molar-refractivity contribution in [3.63, 3.8) is 0 Å². The number of rotatable bonds is 10. The molecule has 0 saturated heterocycles. The summed E-state index contributed by atoms with van der Waals surface area (Å²) in [5.41, 5.74) is 0.638. The third-order valence-corrected chi connectivity index (χ3v) is 4.01. The number of furan rings is 1. The van der Waals surface area contributed by atoms with E-state index >= 15 is 0 Å². The number of nitrogens with zero attached hydrogens (tertiary/aromatic N) is 2. The molecule has 2 aromatic rings. The molecule has 22 heavy (non-hydrogen) atoms. The Labute approximate surface area is 133 Å². The Hall–Kier alpha value is -1.58. The quantitative estimate of drug-likeness (QED) is 0.559. The summed E-state index contributed by atoms with van der Waals surface area (Å²) in [5.74, 6) is 1.00. The molecule has 0 atom stereocenters. The van der Waals surface area contributed by atoms with Crippen molar-refractivity contribution in [2.75, 3.05) is 0 Å². The smallest absolute Gasteiger partial charge is 0.319 e. The van der Waals surface area contributed by atoms with Gasteiger partial charge in [0.1, 0.15) is 11.9 Å². The molecule has 2 aromatic heterocycles. The lowest BCUT2D eigenvalue weighted by Crippen LogP contribution is -2.15. The van der Waals surface area contributed by atoms with Gasteiger partial charge in [-0.05, 0) is 25.3 Å². The minimum Gasteiger partial charge on any atom is -0.460 e. The van der Waals surface area contributed by atoms with Crippen LogP contribution in [0.3, 0.4) is 0 Å². The van der Waals surface area contributed by atoms with Gasteiger partial charge in [-0.2, -0.15) is 4.98 Å². The van der Waals surface area contributed by atoms with Crippen molar-refractivity contribution in [2.45, 2.75) is 78.2 Å². The molecule has 0 unspecified atom stereocenters. The molecule has 4 nitrogen and oxygen atoms in total. The highest BCUT2D eigenvalue weighted by molar-refractivity contribution is 5.73. The van der Waals surface area contributed by atoms with Crippen molar-refractivity contribution < 1.29 is 9.15 Å². The molecule has 0 aliphatic carbocycles. The summed E-state index contributed by atoms with van der Waals surface area (Å²) in [6.07, 6.45) is 11.2. The Bertz CT molecular complexity index is 561. The average molecular weight is 304 g/mol. The number of fused-ring (bicyclic) bond motifs is 1. The van der Waals surface area contributed by atoms with Gasteiger partial charge >= 0.3 is 6.01 Å². The molecule has 0 bridgehead atoms. The maximum atomic E-state index is 5.83. The molecule has 0 spiro atoms. The molecule has 2 heterocycles. The van der Waals surface area contributed by atoms with E-state index in [-0.39, 0.29) is 6.10 Å². The summed E-state index contributed by atoms with van der Waals surface area (Å²) in [6, 6.07) is 2.47. The fraction of sp³-hybridized carbons (Fsp3) is 0.667. The predicted molar refractivity (Wildman–Crippen MR) is 89.3 cm³/mol. The monoisotopic (exact) mass is 304 g/mol. The fourth-order valence-electron chi connectivity index (χ4n) is 2.56. The highest BCUT2D eigenvalue weighted by Gasteiger charge is 2.11. The maximum Gasteiger partial charge on any atom is 0.319 e. The predicted octanol–water partition coefficient (Wildman–Crippen LogP) is 5.30. The molecular formula is C18H28N2O2. The zero-order chi connectivity index (χ0) is 15.8. The van der Waals surface area contributed by atoms with Crippen molar-refractivity contribution in [3.8, 4) is 6.01 Å². The van der Waals surface area contributed by atoms with Crippen LogP contribution in [0.1, 0.15) is 71.5 Å². The lowest BCUT2D eigenvalue weighted by Gasteiger charge is -2.12. The molecule has 122 valence electrons. The summed E-state index contributed by atoms with van der Waals surface area (Å²) in [4.78, 5) is 8.67. The minimum absolute atomic E-state index is 0.172. The molecule has 0 aliphatic rings. The molecule has 0 fully saturated rings. The number of aromatic nitrogens is 2. The van der Waals surface area contributed by atoms with Gasteiger partial charge < -0.3 is 9.15 Å². The first kappa shape index (κ1) is 16.8. The van der Waals surface area contributed by atoms with E-state index in [2.05, 4.69) is 36.8 Å². The number of aryl methyl sites for hydroxylation is 1. The van der Waals surface area contributed by atoms with Crippen LogP contribution in [0.4, 0.5) is 0 Å². The van der Waals surface area contributed by atoms with Crippen molar-refractivity contribution in [1.29, 1.82) is 0 Å². The Morgan fingerprint density at radius 2 is 1.86 bits per heavy atom. The topological polar surface area (TPSA) is 48.2 Å². The van der Waals surface area contributed by atoms with E-state index in [0.29, 0.717) is 11.7 Å². The Balaban J connectivity index is 1.95. The van der Waals surface area contributed by atoms with E-state index in [0.717, 1.165) is 30.4 Å². The van der Waals surface area contributed by atoms with Crippen molar-refractivity contribution in [3.05, 3.63) is 18.0 Å². The maximum absolute atomic E-state index is 5.83. The molecular weight excluding hydrogens is 276 g/mol. The van der Waals surface area contributed by atoms with Crippen LogP contribution in [0.5, 0.6) is 6.01 Å². The standard InChI is InChI=1S/C18H28N2O2/c1-4-7-8-9-10-11-16-12-14-13-19-18(20-17(14)21-16)22-15(5-2)6-3/h12-13,15H,4-11H2,1-3H3. The third kappa shape index (κ3) is 4.72. The van der Waals surface area contributed by atoms with Crippen LogP contribution >= 0.6 is 0 Å². The zero-order valence-corrected chi connectivity index (χ0v) is 14.1. The fourth-order valence-corrected chi connectivity index (χ4v) is 2.56. The first-order valence-electron chi connectivity index (χ1n) is 8.68. The zero-order valence-electron chi connectivity index (χ0n) is 14.1. The number of ether oxygens (including phenoxy) is 1. The highest BCUT2D eigenvalue weighted by Crippen LogP contribution is 2.21. The second kappa shape index (κ2) is 8.76. The van der Waals surface area contributed by atoms with E-state index in [1.807, 2.05) is 0 Å². The summed E-state index contributed by atoms with van der Waals surface area (Å²) in [5, 5.41) is 0.959. The number of hydrogen-bond donors (Lipinski definition) is 0. The van der Waals surface area contributed by atoms with Gasteiger partial charge in [-0.1, -0.05) is 46.5 Å². The van der Waals surface area contributed by atoms with Gasteiger partial charge in [0.2, 0.25) is 5.71 Å².